The lowest BCUT2D eigenvalue weighted by Crippen LogP contribution is -2.62. The van der Waals surface area contributed by atoms with Gasteiger partial charge in [0, 0.05) is 46.0 Å². The minimum Gasteiger partial charge on any atom is -0.378 e. The molecule has 33 heavy (non-hydrogen) atoms. The molecular formula is C24H31N9. The Morgan fingerprint density at radius 1 is 0.939 bits per heavy atom. The molecule has 3 aromatic rings. The van der Waals surface area contributed by atoms with Crippen molar-refractivity contribution in [1.29, 1.82) is 0 Å². The molecule has 6 rings (SSSR count). The lowest BCUT2D eigenvalue weighted by Gasteiger charge is -2.46. The fraction of sp³-hybridized carbons (Fsp3) is 0.417. The van der Waals surface area contributed by atoms with Crippen molar-refractivity contribution in [3.05, 3.63) is 54.1 Å². The lowest BCUT2D eigenvalue weighted by molar-refractivity contribution is -0.0528. The number of fused-ring (bicyclic) bond motifs is 5. The second-order valence-corrected chi connectivity index (χ2v) is 9.26. The number of hydrazine groups is 1. The van der Waals surface area contributed by atoms with E-state index < -0.39 is 0 Å². The molecule has 1 fully saturated rings. The number of hydrogen-bond donors (Lipinski definition) is 1. The largest absolute Gasteiger partial charge is 0.378 e. The quantitative estimate of drug-likeness (QED) is 0.660. The number of imidazole rings is 1. The molecule has 1 N–H and O–H groups in total. The Morgan fingerprint density at radius 2 is 1.70 bits per heavy atom. The van der Waals surface area contributed by atoms with E-state index >= 15 is 0 Å². The summed E-state index contributed by atoms with van der Waals surface area (Å²) >= 11 is 0. The number of hydrogen-bond acceptors (Lipinski definition) is 8. The van der Waals surface area contributed by atoms with Crippen molar-refractivity contribution in [2.24, 2.45) is 4.99 Å². The van der Waals surface area contributed by atoms with Crippen LogP contribution in [0.25, 0.3) is 11.0 Å². The first-order chi connectivity index (χ1) is 16.1. The normalized spacial score (nSPS) is 22.0. The van der Waals surface area contributed by atoms with Gasteiger partial charge in [0.25, 0.3) is 0 Å². The number of aliphatic imine (C=N–C) groups is 1. The molecule has 2 aromatic carbocycles. The van der Waals surface area contributed by atoms with Gasteiger partial charge in [-0.05, 0) is 36.9 Å². The molecule has 172 valence electrons. The number of nitrogens with one attached hydrogen (secondary N) is 1. The Kier molecular flexibility index (Phi) is 4.97. The second-order valence-electron chi connectivity index (χ2n) is 9.26. The summed E-state index contributed by atoms with van der Waals surface area (Å²) < 4.78 is 2.31. The van der Waals surface area contributed by atoms with Crippen LogP contribution < -0.4 is 15.1 Å². The van der Waals surface area contributed by atoms with Crippen LogP contribution in [-0.2, 0) is 0 Å². The highest BCUT2D eigenvalue weighted by atomic mass is 15.7. The maximum atomic E-state index is 5.06. The number of nitrogens with zero attached hydrogens (tertiary/aromatic N) is 8. The van der Waals surface area contributed by atoms with Crippen LogP contribution in [0.3, 0.4) is 0 Å². The first-order valence-corrected chi connectivity index (χ1v) is 11.6. The number of guanidine groups is 1. The number of benzene rings is 2. The van der Waals surface area contributed by atoms with E-state index in [0.29, 0.717) is 6.67 Å². The molecule has 9 heteroatoms. The van der Waals surface area contributed by atoms with Gasteiger partial charge in [0.2, 0.25) is 11.9 Å². The molecule has 0 bridgehead atoms. The van der Waals surface area contributed by atoms with Gasteiger partial charge < -0.3 is 15.1 Å². The van der Waals surface area contributed by atoms with E-state index in [-0.39, 0.29) is 6.17 Å². The third-order valence-electron chi connectivity index (χ3n) is 6.89. The smallest absolute Gasteiger partial charge is 0.216 e. The van der Waals surface area contributed by atoms with Gasteiger partial charge in [0.05, 0.1) is 17.7 Å². The van der Waals surface area contributed by atoms with E-state index in [1.54, 1.807) is 0 Å². The summed E-state index contributed by atoms with van der Waals surface area (Å²) in [6.45, 7) is 5.61. The number of anilines is 2. The number of aromatic nitrogens is 2. The van der Waals surface area contributed by atoms with Crippen molar-refractivity contribution in [3.8, 4) is 0 Å². The summed E-state index contributed by atoms with van der Waals surface area (Å²) in [4.78, 5) is 16.7. The monoisotopic (exact) mass is 445 g/mol. The summed E-state index contributed by atoms with van der Waals surface area (Å²) in [5.74, 6) is 1.83. The molecule has 1 saturated heterocycles. The van der Waals surface area contributed by atoms with Crippen LogP contribution in [0.5, 0.6) is 0 Å². The molecular weight excluding hydrogens is 414 g/mol. The topological polar surface area (TPSA) is 58.4 Å². The van der Waals surface area contributed by atoms with Crippen LogP contribution in [0.1, 0.15) is 11.7 Å². The van der Waals surface area contributed by atoms with Gasteiger partial charge in [-0.1, -0.05) is 24.3 Å². The molecule has 0 saturated carbocycles. The maximum Gasteiger partial charge on any atom is 0.216 e. The molecule has 1 atom stereocenters. The zero-order valence-electron chi connectivity index (χ0n) is 19.5. The zero-order valence-corrected chi connectivity index (χ0v) is 19.5. The number of para-hydroxylation sites is 2. The molecule has 9 nitrogen and oxygen atoms in total. The summed E-state index contributed by atoms with van der Waals surface area (Å²) in [5, 5.41) is 8.49. The lowest BCUT2D eigenvalue weighted by atomic mass is 10.1. The molecule has 0 radical (unpaired) electrons. The average molecular weight is 446 g/mol. The Bertz CT molecular complexity index is 1170. The van der Waals surface area contributed by atoms with Crippen LogP contribution in [0, 0.1) is 0 Å². The minimum absolute atomic E-state index is 0.0613. The zero-order chi connectivity index (χ0) is 22.5. The third kappa shape index (κ3) is 3.52. The van der Waals surface area contributed by atoms with Crippen LogP contribution in [0.15, 0.2) is 53.5 Å². The fourth-order valence-electron chi connectivity index (χ4n) is 4.90. The van der Waals surface area contributed by atoms with Crippen LogP contribution in [0.2, 0.25) is 0 Å². The first kappa shape index (κ1) is 20.5. The summed E-state index contributed by atoms with van der Waals surface area (Å²) in [6, 6.07) is 17.1. The van der Waals surface area contributed by atoms with Gasteiger partial charge in [-0.2, -0.15) is 0 Å². The third-order valence-corrected chi connectivity index (χ3v) is 6.89. The van der Waals surface area contributed by atoms with Crippen molar-refractivity contribution in [1.82, 2.24) is 29.8 Å². The number of rotatable bonds is 3. The summed E-state index contributed by atoms with van der Waals surface area (Å²) in [7, 11) is 6.32. The molecule has 0 unspecified atom stereocenters. The van der Waals surface area contributed by atoms with Gasteiger partial charge in [-0.25, -0.2) is 20.0 Å². The Morgan fingerprint density at radius 3 is 2.45 bits per heavy atom. The van der Waals surface area contributed by atoms with E-state index in [9.17, 15) is 0 Å². The van der Waals surface area contributed by atoms with Gasteiger partial charge in [-0.3, -0.25) is 9.47 Å². The van der Waals surface area contributed by atoms with Gasteiger partial charge in [0.15, 0.2) is 0 Å². The Hall–Kier alpha value is -3.14. The van der Waals surface area contributed by atoms with Crippen molar-refractivity contribution >= 4 is 28.6 Å². The fourth-order valence-corrected chi connectivity index (χ4v) is 4.90. The van der Waals surface area contributed by atoms with E-state index in [1.807, 2.05) is 0 Å². The Balaban J connectivity index is 1.39. The van der Waals surface area contributed by atoms with E-state index in [1.165, 1.54) is 11.3 Å². The predicted octanol–water partition coefficient (Wildman–Crippen LogP) is 1.81. The van der Waals surface area contributed by atoms with Crippen molar-refractivity contribution in [2.75, 3.05) is 70.5 Å². The van der Waals surface area contributed by atoms with Crippen molar-refractivity contribution < 1.29 is 0 Å². The van der Waals surface area contributed by atoms with Crippen LogP contribution in [-0.4, -0.2) is 91.1 Å². The van der Waals surface area contributed by atoms with E-state index in [0.717, 1.165) is 55.8 Å². The molecule has 0 spiro atoms. The highest BCUT2D eigenvalue weighted by molar-refractivity contribution is 5.98. The molecule has 0 aliphatic carbocycles. The second kappa shape index (κ2) is 8.02. The van der Waals surface area contributed by atoms with Crippen LogP contribution >= 0.6 is 0 Å². The molecule has 1 aromatic heterocycles. The SMILES string of the molecule is CN1CCN(N2CN=C3N[C@@H](c4ccc(N(C)C)cc4)n4c(nc5ccccc54)N3C2)CC1. The number of likely N-dealkylation sites (N-methyl/N-ethyl adjacent to an activating group) is 1. The van der Waals surface area contributed by atoms with Crippen molar-refractivity contribution in [3.63, 3.8) is 0 Å². The Labute approximate surface area is 194 Å². The number of piperazine rings is 1. The van der Waals surface area contributed by atoms with Gasteiger partial charge in [-0.15, -0.1) is 0 Å². The molecule has 3 aliphatic heterocycles. The van der Waals surface area contributed by atoms with E-state index in [2.05, 4.69) is 104 Å². The summed E-state index contributed by atoms with van der Waals surface area (Å²) in [5.41, 5.74) is 4.50. The van der Waals surface area contributed by atoms with Crippen LogP contribution in [0.4, 0.5) is 11.6 Å². The van der Waals surface area contributed by atoms with Crippen molar-refractivity contribution in [2.45, 2.75) is 6.17 Å². The summed E-state index contributed by atoms with van der Waals surface area (Å²) in [6.07, 6.45) is -0.0613. The highest BCUT2D eigenvalue weighted by Crippen LogP contribution is 2.34. The molecule has 4 heterocycles. The maximum absolute atomic E-state index is 5.06. The van der Waals surface area contributed by atoms with E-state index in [4.69, 9.17) is 9.98 Å². The minimum atomic E-state index is -0.0613. The average Bonchev–Trinajstić information content (AvgIpc) is 3.24. The first-order valence-electron chi connectivity index (χ1n) is 11.6. The highest BCUT2D eigenvalue weighted by Gasteiger charge is 2.37. The predicted molar refractivity (Wildman–Crippen MR) is 132 cm³/mol. The van der Waals surface area contributed by atoms with Gasteiger partial charge in [0.1, 0.15) is 12.8 Å². The molecule has 0 amide bonds. The van der Waals surface area contributed by atoms with Gasteiger partial charge >= 0.3 is 0 Å². The molecule has 3 aliphatic rings. The standard InChI is InChI=1S/C24H31N9/c1-28(2)19-10-8-18(9-11-19)22-27-23-25-16-31(30-14-12-29(3)13-15-30)17-32(23)24-26-20-6-4-5-7-21(20)33(22)24/h4-11,22H,12-17H2,1-3H3,(H,25,27)/t22-/m1/s1.